The fraction of sp³-hybridized carbons (Fsp3) is 0.100. The van der Waals surface area contributed by atoms with E-state index in [1.807, 2.05) is 72.8 Å². The maximum Gasteiger partial charge on any atom is 0.315 e. The normalized spacial score (nSPS) is 10.4. The molecule has 1 heterocycles. The third kappa shape index (κ3) is 4.20. The van der Waals surface area contributed by atoms with Gasteiger partial charge in [-0.25, -0.2) is 4.79 Å². The van der Waals surface area contributed by atoms with Crippen LogP contribution in [0.2, 0.25) is 0 Å². The Bertz CT molecular complexity index is 721. The van der Waals surface area contributed by atoms with Gasteiger partial charge in [0.15, 0.2) is 0 Å². The van der Waals surface area contributed by atoms with Crippen LogP contribution in [0.15, 0.2) is 85.2 Å². The van der Waals surface area contributed by atoms with Crippen LogP contribution in [0.25, 0.3) is 0 Å². The molecule has 2 aromatic carbocycles. The summed E-state index contributed by atoms with van der Waals surface area (Å²) in [5, 5.41) is 5.95. The highest BCUT2D eigenvalue weighted by Gasteiger charge is 2.16. The number of urea groups is 1. The van der Waals surface area contributed by atoms with Gasteiger partial charge in [0.1, 0.15) is 0 Å². The summed E-state index contributed by atoms with van der Waals surface area (Å²) in [6.07, 6.45) is 3.43. The van der Waals surface area contributed by atoms with Gasteiger partial charge >= 0.3 is 6.03 Å². The highest BCUT2D eigenvalue weighted by Crippen LogP contribution is 2.21. The molecule has 0 atom stereocenters. The number of benzene rings is 2. The van der Waals surface area contributed by atoms with Crippen molar-refractivity contribution in [2.75, 3.05) is 0 Å². The molecule has 24 heavy (non-hydrogen) atoms. The molecule has 0 aliphatic heterocycles. The van der Waals surface area contributed by atoms with Crippen LogP contribution in [0.1, 0.15) is 22.7 Å². The molecule has 0 spiro atoms. The zero-order valence-corrected chi connectivity index (χ0v) is 13.2. The Morgan fingerprint density at radius 3 is 1.92 bits per heavy atom. The summed E-state index contributed by atoms with van der Waals surface area (Å²) < 4.78 is 0. The van der Waals surface area contributed by atoms with E-state index in [0.29, 0.717) is 6.54 Å². The van der Waals surface area contributed by atoms with Gasteiger partial charge in [-0.2, -0.15) is 0 Å². The minimum absolute atomic E-state index is 0.190. The molecule has 0 aliphatic carbocycles. The average Bonchev–Trinajstić information content (AvgIpc) is 2.67. The van der Waals surface area contributed by atoms with Gasteiger partial charge in [-0.05, 0) is 28.8 Å². The van der Waals surface area contributed by atoms with Crippen molar-refractivity contribution in [3.05, 3.63) is 102 Å². The van der Waals surface area contributed by atoms with Crippen molar-refractivity contribution in [1.29, 1.82) is 0 Å². The quantitative estimate of drug-likeness (QED) is 0.754. The molecular weight excluding hydrogens is 298 g/mol. The smallest absolute Gasteiger partial charge is 0.315 e. The molecule has 0 unspecified atom stereocenters. The van der Waals surface area contributed by atoms with Crippen molar-refractivity contribution in [3.63, 3.8) is 0 Å². The second-order valence-corrected chi connectivity index (χ2v) is 5.44. The molecule has 0 bridgehead atoms. The van der Waals surface area contributed by atoms with Gasteiger partial charge in [0.05, 0.1) is 6.04 Å². The molecule has 120 valence electrons. The van der Waals surface area contributed by atoms with E-state index >= 15 is 0 Å². The number of carbonyl (C=O) groups excluding carboxylic acids is 1. The maximum atomic E-state index is 12.3. The molecular formula is C20H19N3O. The lowest BCUT2D eigenvalue weighted by Gasteiger charge is -2.20. The monoisotopic (exact) mass is 317 g/mol. The summed E-state index contributed by atoms with van der Waals surface area (Å²) in [5.41, 5.74) is 3.10. The van der Waals surface area contributed by atoms with E-state index in [0.717, 1.165) is 16.7 Å². The molecule has 0 saturated carbocycles. The number of amides is 2. The first-order valence-corrected chi connectivity index (χ1v) is 7.86. The van der Waals surface area contributed by atoms with E-state index in [9.17, 15) is 4.79 Å². The summed E-state index contributed by atoms with van der Waals surface area (Å²) in [7, 11) is 0. The third-order valence-corrected chi connectivity index (χ3v) is 3.74. The van der Waals surface area contributed by atoms with Gasteiger partial charge in [0.25, 0.3) is 0 Å². The molecule has 2 N–H and O–H groups in total. The van der Waals surface area contributed by atoms with Crippen LogP contribution in [0, 0.1) is 0 Å². The number of aromatic nitrogens is 1. The minimum Gasteiger partial charge on any atom is -0.334 e. The van der Waals surface area contributed by atoms with E-state index in [1.54, 1.807) is 12.4 Å². The van der Waals surface area contributed by atoms with E-state index in [1.165, 1.54) is 0 Å². The van der Waals surface area contributed by atoms with Gasteiger partial charge in [-0.15, -0.1) is 0 Å². The number of pyridine rings is 1. The summed E-state index contributed by atoms with van der Waals surface area (Å²) in [6.45, 7) is 0.463. The molecule has 2 amide bonds. The Kier molecular flexibility index (Phi) is 5.20. The molecule has 3 aromatic rings. The molecule has 0 radical (unpaired) electrons. The Morgan fingerprint density at radius 2 is 1.38 bits per heavy atom. The third-order valence-electron chi connectivity index (χ3n) is 3.74. The second kappa shape index (κ2) is 7.92. The lowest BCUT2D eigenvalue weighted by atomic mass is 9.99. The minimum atomic E-state index is -0.204. The maximum absolute atomic E-state index is 12.3. The van der Waals surface area contributed by atoms with Gasteiger partial charge < -0.3 is 10.6 Å². The van der Waals surface area contributed by atoms with Crippen LogP contribution in [-0.2, 0) is 6.54 Å². The van der Waals surface area contributed by atoms with Crippen LogP contribution < -0.4 is 10.6 Å². The predicted octanol–water partition coefficient (Wildman–Crippen LogP) is 3.67. The van der Waals surface area contributed by atoms with Crippen molar-refractivity contribution in [2.45, 2.75) is 12.6 Å². The number of hydrogen-bond donors (Lipinski definition) is 2. The summed E-state index contributed by atoms with van der Waals surface area (Å²) in [5.74, 6) is 0. The standard InChI is InChI=1S/C20H19N3O/c24-20(22-15-16-11-13-21-14-12-16)23-19(17-7-3-1-4-8-17)18-9-5-2-6-10-18/h1-14,19H,15H2,(H2,22,23,24). The van der Waals surface area contributed by atoms with Gasteiger partial charge in [-0.3, -0.25) is 4.98 Å². The van der Waals surface area contributed by atoms with E-state index in [2.05, 4.69) is 15.6 Å². The SMILES string of the molecule is O=C(NCc1ccncc1)NC(c1ccccc1)c1ccccc1. The lowest BCUT2D eigenvalue weighted by Crippen LogP contribution is -2.38. The van der Waals surface area contributed by atoms with Crippen molar-refractivity contribution in [3.8, 4) is 0 Å². The Hall–Kier alpha value is -3.14. The Balaban J connectivity index is 1.71. The molecule has 3 rings (SSSR count). The van der Waals surface area contributed by atoms with Gasteiger partial charge in [0.2, 0.25) is 0 Å². The number of nitrogens with zero attached hydrogens (tertiary/aromatic N) is 1. The fourth-order valence-electron chi connectivity index (χ4n) is 2.52. The molecule has 1 aromatic heterocycles. The Morgan fingerprint density at radius 1 is 0.833 bits per heavy atom. The first kappa shape index (κ1) is 15.7. The van der Waals surface area contributed by atoms with E-state index in [4.69, 9.17) is 0 Å². The van der Waals surface area contributed by atoms with Crippen LogP contribution in [0.4, 0.5) is 4.79 Å². The van der Waals surface area contributed by atoms with Crippen LogP contribution in [-0.4, -0.2) is 11.0 Å². The molecule has 4 nitrogen and oxygen atoms in total. The zero-order valence-electron chi connectivity index (χ0n) is 13.2. The van der Waals surface area contributed by atoms with Gasteiger partial charge in [0, 0.05) is 18.9 Å². The fourth-order valence-corrected chi connectivity index (χ4v) is 2.52. The van der Waals surface area contributed by atoms with E-state index in [-0.39, 0.29) is 12.1 Å². The van der Waals surface area contributed by atoms with Crippen molar-refractivity contribution in [2.24, 2.45) is 0 Å². The number of hydrogen-bond acceptors (Lipinski definition) is 2. The molecule has 0 aliphatic rings. The highest BCUT2D eigenvalue weighted by atomic mass is 16.2. The Labute approximate surface area is 141 Å². The first-order valence-electron chi connectivity index (χ1n) is 7.86. The summed E-state index contributed by atoms with van der Waals surface area (Å²) in [4.78, 5) is 16.3. The predicted molar refractivity (Wildman–Crippen MR) is 94.3 cm³/mol. The van der Waals surface area contributed by atoms with Crippen molar-refractivity contribution in [1.82, 2.24) is 15.6 Å². The van der Waals surface area contributed by atoms with Crippen LogP contribution in [0.5, 0.6) is 0 Å². The summed E-state index contributed by atoms with van der Waals surface area (Å²) in [6, 6.07) is 23.3. The lowest BCUT2D eigenvalue weighted by molar-refractivity contribution is 0.238. The summed E-state index contributed by atoms with van der Waals surface area (Å²) >= 11 is 0. The van der Waals surface area contributed by atoms with Gasteiger partial charge in [-0.1, -0.05) is 60.7 Å². The first-order chi connectivity index (χ1) is 11.8. The topological polar surface area (TPSA) is 54.0 Å². The molecule has 0 fully saturated rings. The van der Waals surface area contributed by atoms with Crippen LogP contribution >= 0.6 is 0 Å². The average molecular weight is 317 g/mol. The molecule has 0 saturated heterocycles. The largest absolute Gasteiger partial charge is 0.334 e. The number of nitrogens with one attached hydrogen (secondary N) is 2. The molecule has 4 heteroatoms. The number of carbonyl (C=O) groups is 1. The zero-order chi connectivity index (χ0) is 16.6. The van der Waals surface area contributed by atoms with E-state index < -0.39 is 0 Å². The highest BCUT2D eigenvalue weighted by molar-refractivity contribution is 5.75. The number of rotatable bonds is 5. The van der Waals surface area contributed by atoms with Crippen LogP contribution in [0.3, 0.4) is 0 Å². The second-order valence-electron chi connectivity index (χ2n) is 5.44. The van der Waals surface area contributed by atoms with Crippen molar-refractivity contribution >= 4 is 6.03 Å². The van der Waals surface area contributed by atoms with Crippen molar-refractivity contribution < 1.29 is 4.79 Å².